The molecule has 3 aromatic carbocycles. The van der Waals surface area contributed by atoms with Gasteiger partial charge in [0.1, 0.15) is 0 Å². The first-order valence-electron chi connectivity index (χ1n) is 16.2. The summed E-state index contributed by atoms with van der Waals surface area (Å²) >= 11 is 1.44. The van der Waals surface area contributed by atoms with E-state index < -0.39 is 6.04 Å². The van der Waals surface area contributed by atoms with Gasteiger partial charge in [-0.25, -0.2) is 4.79 Å². The summed E-state index contributed by atoms with van der Waals surface area (Å²) in [4.78, 5) is 47.0. The molecule has 4 amide bonds. The van der Waals surface area contributed by atoms with E-state index in [9.17, 15) is 14.4 Å². The topological polar surface area (TPSA) is 103 Å². The van der Waals surface area contributed by atoms with Crippen molar-refractivity contribution in [1.29, 1.82) is 0 Å². The highest BCUT2D eigenvalue weighted by atomic mass is 32.1. The summed E-state index contributed by atoms with van der Waals surface area (Å²) < 4.78 is 11.0. The summed E-state index contributed by atoms with van der Waals surface area (Å²) in [5.41, 5.74) is 3.68. The summed E-state index contributed by atoms with van der Waals surface area (Å²) in [5.74, 6) is 0.427. The number of carbonyl (C=O) groups excluding carboxylic acids is 3. The SMILES string of the molecule is COc1ccc(C(CCCNC(=O)Nc2cccs2)N2C(=O)c3cccc(N4CCN(C(C)c5ccccc5)CC4)c3C2=O)cc1OC. The molecule has 11 heteroatoms. The number of imide groups is 1. The van der Waals surface area contributed by atoms with Gasteiger partial charge >= 0.3 is 6.03 Å². The van der Waals surface area contributed by atoms with Crippen molar-refractivity contribution in [2.24, 2.45) is 0 Å². The van der Waals surface area contributed by atoms with Gasteiger partial charge in [0.15, 0.2) is 11.5 Å². The van der Waals surface area contributed by atoms with E-state index in [2.05, 4.69) is 51.6 Å². The van der Waals surface area contributed by atoms with Crippen molar-refractivity contribution in [1.82, 2.24) is 15.1 Å². The van der Waals surface area contributed by atoms with Crippen LogP contribution < -0.4 is 25.0 Å². The summed E-state index contributed by atoms with van der Waals surface area (Å²) in [5, 5.41) is 8.35. The fourth-order valence-electron chi connectivity index (χ4n) is 6.63. The molecule has 4 aromatic rings. The third kappa shape index (κ3) is 6.88. The Morgan fingerprint density at radius 3 is 2.33 bits per heavy atom. The average Bonchev–Trinajstić information content (AvgIpc) is 3.73. The standard InChI is InChI=1S/C37H41N5O5S/c1-25(26-10-5-4-6-11-26)40-19-21-41(22-20-40)30-13-7-12-28-34(30)36(44)42(35(28)43)29(27-16-17-31(46-2)32(24-27)47-3)14-8-18-38-37(45)39-33-15-9-23-48-33/h4-7,9-13,15-17,23-25,29H,8,14,18-22H2,1-3H3,(H2,38,39,45). The van der Waals surface area contributed by atoms with E-state index in [-0.39, 0.29) is 23.9 Å². The maximum absolute atomic E-state index is 14.4. The van der Waals surface area contributed by atoms with E-state index in [1.54, 1.807) is 26.4 Å². The number of urea groups is 1. The van der Waals surface area contributed by atoms with Crippen LogP contribution in [0.5, 0.6) is 11.5 Å². The van der Waals surface area contributed by atoms with Crippen molar-refractivity contribution >= 4 is 39.9 Å². The number of amides is 4. The maximum atomic E-state index is 14.4. The number of benzene rings is 3. The predicted molar refractivity (Wildman–Crippen MR) is 188 cm³/mol. The molecule has 0 bridgehead atoms. The van der Waals surface area contributed by atoms with Crippen molar-refractivity contribution in [3.63, 3.8) is 0 Å². The van der Waals surface area contributed by atoms with Crippen LogP contribution in [0, 0.1) is 0 Å². The minimum absolute atomic E-state index is 0.284. The number of fused-ring (bicyclic) bond motifs is 1. The second-order valence-corrected chi connectivity index (χ2v) is 12.9. The van der Waals surface area contributed by atoms with Gasteiger partial charge in [-0.15, -0.1) is 11.3 Å². The Morgan fingerprint density at radius 2 is 1.62 bits per heavy atom. The van der Waals surface area contributed by atoms with Crippen molar-refractivity contribution in [3.8, 4) is 11.5 Å². The summed E-state index contributed by atoms with van der Waals surface area (Å²) in [6, 6.07) is 24.6. The highest BCUT2D eigenvalue weighted by Gasteiger charge is 2.43. The Hall–Kier alpha value is -4.87. The molecule has 10 nitrogen and oxygen atoms in total. The second-order valence-electron chi connectivity index (χ2n) is 11.9. The number of nitrogens with one attached hydrogen (secondary N) is 2. The Bertz CT molecular complexity index is 1740. The van der Waals surface area contributed by atoms with Crippen LogP contribution >= 0.6 is 11.3 Å². The second kappa shape index (κ2) is 14.9. The zero-order chi connectivity index (χ0) is 33.6. The minimum atomic E-state index is -0.587. The molecule has 1 fully saturated rings. The highest BCUT2D eigenvalue weighted by Crippen LogP contribution is 2.40. The Balaban J connectivity index is 1.21. The van der Waals surface area contributed by atoms with Gasteiger partial charge in [0, 0.05) is 38.8 Å². The van der Waals surface area contributed by atoms with Gasteiger partial charge in [0.25, 0.3) is 11.8 Å². The van der Waals surface area contributed by atoms with Crippen LogP contribution in [-0.4, -0.2) is 74.6 Å². The number of ether oxygens (including phenoxy) is 2. The number of hydrogen-bond donors (Lipinski definition) is 2. The van der Waals surface area contributed by atoms with E-state index in [0.717, 1.165) is 42.4 Å². The quantitative estimate of drug-likeness (QED) is 0.130. The first kappa shape index (κ1) is 33.0. The molecule has 250 valence electrons. The van der Waals surface area contributed by atoms with Crippen LogP contribution in [0.25, 0.3) is 0 Å². The van der Waals surface area contributed by atoms with Crippen LogP contribution in [0.4, 0.5) is 15.5 Å². The first-order chi connectivity index (χ1) is 23.4. The summed E-state index contributed by atoms with van der Waals surface area (Å²) in [6.07, 6.45) is 0.963. The number of piperazine rings is 1. The molecule has 0 aliphatic carbocycles. The zero-order valence-electron chi connectivity index (χ0n) is 27.5. The van der Waals surface area contributed by atoms with Gasteiger partial charge in [0.2, 0.25) is 0 Å². The molecule has 6 rings (SSSR count). The third-order valence-corrected chi connectivity index (χ3v) is 10.00. The van der Waals surface area contributed by atoms with Crippen molar-refractivity contribution in [3.05, 3.63) is 106 Å². The van der Waals surface area contributed by atoms with Gasteiger partial charge < -0.3 is 19.7 Å². The number of hydrogen-bond acceptors (Lipinski definition) is 8. The molecule has 0 radical (unpaired) electrons. The molecular weight excluding hydrogens is 627 g/mol. The Kier molecular flexibility index (Phi) is 10.3. The third-order valence-electron chi connectivity index (χ3n) is 9.21. The fraction of sp³-hybridized carbons (Fsp3) is 0.324. The van der Waals surface area contributed by atoms with Gasteiger partial charge in [-0.3, -0.25) is 24.7 Å². The molecule has 1 saturated heterocycles. The molecule has 0 spiro atoms. The van der Waals surface area contributed by atoms with Gasteiger partial charge in [0.05, 0.1) is 42.1 Å². The van der Waals surface area contributed by atoms with E-state index in [4.69, 9.17) is 9.47 Å². The van der Waals surface area contributed by atoms with Crippen LogP contribution in [-0.2, 0) is 0 Å². The molecular formula is C37H41N5O5S. The van der Waals surface area contributed by atoms with E-state index in [1.165, 1.54) is 21.8 Å². The maximum Gasteiger partial charge on any atom is 0.319 e. The first-order valence-corrected chi connectivity index (χ1v) is 17.1. The molecule has 1 aromatic heterocycles. The van der Waals surface area contributed by atoms with Crippen LogP contribution in [0.1, 0.15) is 63.7 Å². The van der Waals surface area contributed by atoms with E-state index >= 15 is 0 Å². The lowest BCUT2D eigenvalue weighted by Gasteiger charge is -2.39. The molecule has 48 heavy (non-hydrogen) atoms. The Labute approximate surface area is 285 Å². The molecule has 2 unspecified atom stereocenters. The molecule has 3 heterocycles. The van der Waals surface area contributed by atoms with Crippen molar-refractivity contribution in [2.75, 3.05) is 57.2 Å². The number of rotatable bonds is 12. The van der Waals surface area contributed by atoms with E-state index in [1.807, 2.05) is 47.8 Å². The van der Waals surface area contributed by atoms with E-state index in [0.29, 0.717) is 42.0 Å². The number of thiophene rings is 1. The van der Waals surface area contributed by atoms with Crippen LogP contribution in [0.3, 0.4) is 0 Å². The van der Waals surface area contributed by atoms with Crippen molar-refractivity contribution in [2.45, 2.75) is 31.8 Å². The van der Waals surface area contributed by atoms with Gasteiger partial charge in [-0.05, 0) is 72.7 Å². The van der Waals surface area contributed by atoms with Crippen LogP contribution in [0.15, 0.2) is 84.2 Å². The molecule has 2 aliphatic heterocycles. The molecule has 0 saturated carbocycles. The highest BCUT2D eigenvalue weighted by molar-refractivity contribution is 7.14. The lowest BCUT2D eigenvalue weighted by molar-refractivity contribution is 0.0572. The number of anilines is 2. The predicted octanol–water partition coefficient (Wildman–Crippen LogP) is 6.59. The van der Waals surface area contributed by atoms with Gasteiger partial charge in [-0.2, -0.15) is 0 Å². The Morgan fingerprint density at radius 1 is 0.854 bits per heavy atom. The number of nitrogens with zero attached hydrogens (tertiary/aromatic N) is 3. The zero-order valence-corrected chi connectivity index (χ0v) is 28.3. The smallest absolute Gasteiger partial charge is 0.319 e. The lowest BCUT2D eigenvalue weighted by atomic mass is 9.99. The normalized spacial score (nSPS) is 16.0. The largest absolute Gasteiger partial charge is 0.493 e. The fourth-order valence-corrected chi connectivity index (χ4v) is 7.25. The summed E-state index contributed by atoms with van der Waals surface area (Å²) in [7, 11) is 3.12. The number of methoxy groups -OCH3 is 2. The molecule has 2 aliphatic rings. The molecule has 2 N–H and O–H groups in total. The van der Waals surface area contributed by atoms with Crippen molar-refractivity contribution < 1.29 is 23.9 Å². The summed E-state index contributed by atoms with van der Waals surface area (Å²) in [6.45, 7) is 5.76. The molecule has 2 atom stereocenters. The number of carbonyl (C=O) groups is 3. The minimum Gasteiger partial charge on any atom is -0.493 e. The monoisotopic (exact) mass is 667 g/mol. The van der Waals surface area contributed by atoms with Crippen LogP contribution in [0.2, 0.25) is 0 Å². The van der Waals surface area contributed by atoms with Gasteiger partial charge in [-0.1, -0.05) is 42.5 Å². The average molecular weight is 668 g/mol. The lowest BCUT2D eigenvalue weighted by Crippen LogP contribution is -2.47.